The third-order valence-electron chi connectivity index (χ3n) is 2.82. The van der Waals surface area contributed by atoms with Crippen molar-refractivity contribution in [2.75, 3.05) is 13.1 Å². The number of ether oxygens (including phenoxy) is 1. The van der Waals surface area contributed by atoms with E-state index in [1.807, 2.05) is 24.3 Å². The Labute approximate surface area is 121 Å². The molecule has 1 aliphatic heterocycles. The maximum Gasteiger partial charge on any atom is 0.217 e. The van der Waals surface area contributed by atoms with E-state index in [2.05, 4.69) is 33.2 Å². The number of hydrogen-bond donors (Lipinski definition) is 2. The van der Waals surface area contributed by atoms with E-state index in [0.29, 0.717) is 0 Å². The molecule has 1 heterocycles. The van der Waals surface area contributed by atoms with Crippen LogP contribution in [0.4, 0.5) is 0 Å². The Bertz CT molecular complexity index is 402. The van der Waals surface area contributed by atoms with Gasteiger partial charge < -0.3 is 15.4 Å². The molecule has 0 saturated carbocycles. The van der Waals surface area contributed by atoms with Gasteiger partial charge in [0.2, 0.25) is 5.91 Å². The second-order valence-electron chi connectivity index (χ2n) is 4.36. The number of rotatable bonds is 4. The monoisotopic (exact) mass is 360 g/mol. The van der Waals surface area contributed by atoms with E-state index >= 15 is 0 Å². The van der Waals surface area contributed by atoms with Gasteiger partial charge >= 0.3 is 0 Å². The van der Waals surface area contributed by atoms with Crippen LogP contribution in [0, 0.1) is 0 Å². The lowest BCUT2D eigenvalue weighted by Gasteiger charge is -2.14. The van der Waals surface area contributed by atoms with Crippen LogP contribution in [0.25, 0.3) is 0 Å². The van der Waals surface area contributed by atoms with E-state index in [9.17, 15) is 4.79 Å². The van der Waals surface area contributed by atoms with E-state index in [4.69, 9.17) is 4.74 Å². The number of nitrogens with one attached hydrogen (secondary N) is 2. The molecular weight excluding hydrogens is 343 g/mol. The van der Waals surface area contributed by atoms with E-state index in [1.54, 1.807) is 0 Å². The Morgan fingerprint density at radius 3 is 2.78 bits per heavy atom. The smallest absolute Gasteiger partial charge is 0.217 e. The van der Waals surface area contributed by atoms with Crippen molar-refractivity contribution in [3.8, 4) is 5.75 Å². The van der Waals surface area contributed by atoms with Gasteiger partial charge in [0.1, 0.15) is 15.9 Å². The summed E-state index contributed by atoms with van der Waals surface area (Å²) in [6.07, 6.45) is 1.34. The highest BCUT2D eigenvalue weighted by atomic mass is 127. The number of amides is 1. The van der Waals surface area contributed by atoms with Gasteiger partial charge in [-0.3, -0.25) is 4.79 Å². The third-order valence-corrected chi connectivity index (χ3v) is 3.85. The molecule has 1 fully saturated rings. The zero-order valence-corrected chi connectivity index (χ0v) is 12.4. The van der Waals surface area contributed by atoms with Crippen LogP contribution in [-0.4, -0.2) is 25.1 Å². The van der Waals surface area contributed by atoms with Gasteiger partial charge in [-0.05, 0) is 30.7 Å². The summed E-state index contributed by atoms with van der Waals surface area (Å²) in [5.41, 5.74) is 1.07. The molecule has 2 atom stereocenters. The average molecular weight is 360 g/mol. The molecule has 1 aliphatic rings. The molecule has 98 valence electrons. The number of halogens is 1. The van der Waals surface area contributed by atoms with Gasteiger partial charge in [-0.15, -0.1) is 0 Å². The zero-order chi connectivity index (χ0) is 13.0. The molecule has 1 saturated heterocycles. The van der Waals surface area contributed by atoms with E-state index in [0.717, 1.165) is 30.8 Å². The number of alkyl halides is 1. The van der Waals surface area contributed by atoms with Crippen LogP contribution in [-0.2, 0) is 4.79 Å². The second-order valence-corrected chi connectivity index (χ2v) is 5.61. The lowest BCUT2D eigenvalue weighted by molar-refractivity contribution is -0.119. The van der Waals surface area contributed by atoms with Crippen LogP contribution < -0.4 is 15.4 Å². The summed E-state index contributed by atoms with van der Waals surface area (Å²) in [6.45, 7) is 3.47. The van der Waals surface area contributed by atoms with Gasteiger partial charge in [-0.25, -0.2) is 0 Å². The molecular formula is C13H17IN2O2. The number of hydrogen-bond acceptors (Lipinski definition) is 3. The SMILES string of the molecule is CC(=O)N[C@@H](I)c1ccc(O[C@H]2CCNC2)cc1. The summed E-state index contributed by atoms with van der Waals surface area (Å²) in [5.74, 6) is 0.866. The lowest BCUT2D eigenvalue weighted by atomic mass is 10.2. The summed E-state index contributed by atoms with van der Waals surface area (Å²) >= 11 is 2.20. The first-order valence-electron chi connectivity index (χ1n) is 6.03. The Morgan fingerprint density at radius 2 is 2.22 bits per heavy atom. The number of carbonyl (C=O) groups excluding carboxylic acids is 1. The fourth-order valence-corrected chi connectivity index (χ4v) is 2.75. The molecule has 1 aromatic rings. The highest BCUT2D eigenvalue weighted by Gasteiger charge is 2.16. The highest BCUT2D eigenvalue weighted by molar-refractivity contribution is 14.1. The Hall–Kier alpha value is -0.820. The minimum absolute atomic E-state index is 0.00213. The minimum Gasteiger partial charge on any atom is -0.489 e. The Balaban J connectivity index is 1.94. The molecule has 0 radical (unpaired) electrons. The normalized spacial score (nSPS) is 20.4. The maximum atomic E-state index is 11.0. The fraction of sp³-hybridized carbons (Fsp3) is 0.462. The first-order valence-corrected chi connectivity index (χ1v) is 7.28. The maximum absolute atomic E-state index is 11.0. The largest absolute Gasteiger partial charge is 0.489 e. The van der Waals surface area contributed by atoms with Crippen molar-refractivity contribution in [3.05, 3.63) is 29.8 Å². The molecule has 1 amide bonds. The van der Waals surface area contributed by atoms with Gasteiger partial charge in [0.15, 0.2) is 0 Å². The predicted molar refractivity (Wildman–Crippen MR) is 78.9 cm³/mol. The summed E-state index contributed by atoms with van der Waals surface area (Å²) in [7, 11) is 0. The molecule has 18 heavy (non-hydrogen) atoms. The highest BCUT2D eigenvalue weighted by Crippen LogP contribution is 2.23. The van der Waals surface area contributed by atoms with Crippen LogP contribution >= 0.6 is 22.6 Å². The molecule has 0 bridgehead atoms. The molecule has 0 spiro atoms. The van der Waals surface area contributed by atoms with Crippen LogP contribution in [0.3, 0.4) is 0 Å². The molecule has 2 rings (SSSR count). The third kappa shape index (κ3) is 3.84. The van der Waals surface area contributed by atoms with Crippen LogP contribution in [0.15, 0.2) is 24.3 Å². The molecule has 0 aromatic heterocycles. The Kier molecular flexibility index (Phi) is 4.82. The average Bonchev–Trinajstić information content (AvgIpc) is 2.82. The van der Waals surface area contributed by atoms with Crippen molar-refractivity contribution in [2.24, 2.45) is 0 Å². The Morgan fingerprint density at radius 1 is 1.50 bits per heavy atom. The summed E-state index contributed by atoms with van der Waals surface area (Å²) in [6, 6.07) is 7.90. The molecule has 1 aromatic carbocycles. The quantitative estimate of drug-likeness (QED) is 0.491. The lowest BCUT2D eigenvalue weighted by Crippen LogP contribution is -2.21. The minimum atomic E-state index is -0.0215. The molecule has 4 nitrogen and oxygen atoms in total. The number of benzene rings is 1. The van der Waals surface area contributed by atoms with Crippen molar-refractivity contribution in [3.63, 3.8) is 0 Å². The van der Waals surface area contributed by atoms with Gasteiger partial charge in [0, 0.05) is 13.5 Å². The number of carbonyl (C=O) groups is 1. The van der Waals surface area contributed by atoms with E-state index < -0.39 is 0 Å². The first kappa shape index (κ1) is 13.6. The van der Waals surface area contributed by atoms with E-state index in [1.165, 1.54) is 6.92 Å². The van der Waals surface area contributed by atoms with Crippen LogP contribution in [0.1, 0.15) is 23.0 Å². The first-order chi connectivity index (χ1) is 8.65. The zero-order valence-electron chi connectivity index (χ0n) is 10.3. The molecule has 5 heteroatoms. The topological polar surface area (TPSA) is 50.4 Å². The van der Waals surface area contributed by atoms with Gasteiger partial charge in [-0.1, -0.05) is 34.7 Å². The van der Waals surface area contributed by atoms with Crippen molar-refractivity contribution < 1.29 is 9.53 Å². The summed E-state index contributed by atoms with van der Waals surface area (Å²) in [5, 5.41) is 6.12. The van der Waals surface area contributed by atoms with Gasteiger partial charge in [0.25, 0.3) is 0 Å². The van der Waals surface area contributed by atoms with Crippen molar-refractivity contribution in [2.45, 2.75) is 23.5 Å². The fourth-order valence-electron chi connectivity index (χ4n) is 1.90. The van der Waals surface area contributed by atoms with Gasteiger partial charge in [-0.2, -0.15) is 0 Å². The summed E-state index contributed by atoms with van der Waals surface area (Å²) < 4.78 is 5.84. The van der Waals surface area contributed by atoms with Crippen LogP contribution in [0.5, 0.6) is 5.75 Å². The second kappa shape index (κ2) is 6.38. The van der Waals surface area contributed by atoms with Gasteiger partial charge in [0.05, 0.1) is 0 Å². The van der Waals surface area contributed by atoms with Crippen LogP contribution in [0.2, 0.25) is 0 Å². The van der Waals surface area contributed by atoms with Crippen molar-refractivity contribution in [1.29, 1.82) is 0 Å². The molecule has 0 unspecified atom stereocenters. The van der Waals surface area contributed by atoms with Crippen molar-refractivity contribution >= 4 is 28.5 Å². The molecule has 2 N–H and O–H groups in total. The predicted octanol–water partition coefficient (Wildman–Crippen LogP) is 2.00. The standard InChI is InChI=1S/C13H17IN2O2/c1-9(17)16-13(14)10-2-4-11(5-3-10)18-12-6-7-15-8-12/h2-5,12-13,15H,6-8H2,1H3,(H,16,17)/t12-,13+/m0/s1. The summed E-state index contributed by atoms with van der Waals surface area (Å²) in [4.78, 5) is 11.0. The van der Waals surface area contributed by atoms with Crippen molar-refractivity contribution in [1.82, 2.24) is 10.6 Å². The van der Waals surface area contributed by atoms with E-state index in [-0.39, 0.29) is 16.1 Å². The molecule has 0 aliphatic carbocycles.